The standard InChI is InChI=1S/C21H11Cl5O4/c1-8-6-9(27)2-4-11(8)14(12-5-3-10(28)7-13(12)22)15-16(21(29)30)18(24)20(26)19(25)17(15)23/h2-7,28H,1H3,(H,29,30)/b14-11+. The number of carboxylic acids is 1. The number of rotatable bonds is 3. The van der Waals surface area contributed by atoms with Gasteiger partial charge in [-0.2, -0.15) is 0 Å². The number of halogens is 5. The van der Waals surface area contributed by atoms with E-state index >= 15 is 0 Å². The number of hydrogen-bond donors (Lipinski definition) is 2. The number of aromatic carboxylic acids is 1. The summed E-state index contributed by atoms with van der Waals surface area (Å²) in [4.78, 5) is 23.9. The number of carbonyl (C=O) groups is 2. The third-order valence-electron chi connectivity index (χ3n) is 4.42. The molecule has 0 amide bonds. The predicted octanol–water partition coefficient (Wildman–Crippen LogP) is 7.24. The molecule has 0 spiro atoms. The lowest BCUT2D eigenvalue weighted by Crippen LogP contribution is -2.09. The lowest BCUT2D eigenvalue weighted by Gasteiger charge is -2.22. The van der Waals surface area contributed by atoms with Crippen LogP contribution in [-0.4, -0.2) is 22.0 Å². The van der Waals surface area contributed by atoms with Crippen LogP contribution in [0.2, 0.25) is 25.1 Å². The molecule has 0 saturated heterocycles. The van der Waals surface area contributed by atoms with Crippen molar-refractivity contribution in [1.29, 1.82) is 0 Å². The summed E-state index contributed by atoms with van der Waals surface area (Å²) in [7, 11) is 0. The third kappa shape index (κ3) is 3.98. The normalized spacial score (nSPS) is 15.3. The minimum atomic E-state index is -1.39. The monoisotopic (exact) mass is 502 g/mol. The highest BCUT2D eigenvalue weighted by molar-refractivity contribution is 6.53. The van der Waals surface area contributed by atoms with Gasteiger partial charge in [0.15, 0.2) is 5.78 Å². The predicted molar refractivity (Wildman–Crippen MR) is 120 cm³/mol. The Morgan fingerprint density at radius 1 is 0.900 bits per heavy atom. The van der Waals surface area contributed by atoms with Crippen LogP contribution in [0.15, 0.2) is 47.6 Å². The van der Waals surface area contributed by atoms with E-state index in [-0.39, 0.29) is 53.3 Å². The van der Waals surface area contributed by atoms with Gasteiger partial charge in [0.25, 0.3) is 0 Å². The molecule has 0 heterocycles. The fourth-order valence-electron chi connectivity index (χ4n) is 3.11. The second-order valence-corrected chi connectivity index (χ2v) is 8.25. The Hall–Kier alpha value is -1.95. The van der Waals surface area contributed by atoms with E-state index in [1.54, 1.807) is 6.92 Å². The van der Waals surface area contributed by atoms with Gasteiger partial charge in [0.1, 0.15) is 5.75 Å². The van der Waals surface area contributed by atoms with Gasteiger partial charge in [-0.1, -0.05) is 64.1 Å². The van der Waals surface area contributed by atoms with Gasteiger partial charge in [-0.05, 0) is 48.4 Å². The molecule has 0 atom stereocenters. The fraction of sp³-hybridized carbons (Fsp3) is 0.0476. The maximum absolute atomic E-state index is 12.1. The molecule has 0 aliphatic heterocycles. The summed E-state index contributed by atoms with van der Waals surface area (Å²) >= 11 is 31.4. The van der Waals surface area contributed by atoms with Gasteiger partial charge < -0.3 is 10.2 Å². The Balaban J connectivity index is 2.57. The summed E-state index contributed by atoms with van der Waals surface area (Å²) in [5.41, 5.74) is 1.23. The maximum Gasteiger partial charge on any atom is 0.337 e. The summed E-state index contributed by atoms with van der Waals surface area (Å²) < 4.78 is 0. The largest absolute Gasteiger partial charge is 0.508 e. The van der Waals surface area contributed by atoms with Gasteiger partial charge in [0.2, 0.25) is 0 Å². The quantitative estimate of drug-likeness (QED) is 0.341. The van der Waals surface area contributed by atoms with E-state index in [2.05, 4.69) is 0 Å². The number of allylic oxidation sites excluding steroid dienone is 5. The van der Waals surface area contributed by atoms with Crippen molar-refractivity contribution in [3.05, 3.63) is 89.4 Å². The van der Waals surface area contributed by atoms with E-state index in [0.717, 1.165) is 0 Å². The van der Waals surface area contributed by atoms with Crippen LogP contribution in [0.5, 0.6) is 5.75 Å². The van der Waals surface area contributed by atoms with Gasteiger partial charge in [-0.25, -0.2) is 4.79 Å². The van der Waals surface area contributed by atoms with E-state index in [0.29, 0.717) is 16.7 Å². The number of phenolic OH excluding ortho intramolecular Hbond substituents is 1. The zero-order chi connectivity index (χ0) is 22.3. The van der Waals surface area contributed by atoms with Gasteiger partial charge in [-0.3, -0.25) is 4.79 Å². The highest BCUT2D eigenvalue weighted by Crippen LogP contribution is 2.48. The summed E-state index contributed by atoms with van der Waals surface area (Å²) in [5, 5.41) is 19.0. The highest BCUT2D eigenvalue weighted by Gasteiger charge is 2.30. The summed E-state index contributed by atoms with van der Waals surface area (Å²) in [6, 6.07) is 4.17. The molecular weight excluding hydrogens is 493 g/mol. The van der Waals surface area contributed by atoms with Crippen molar-refractivity contribution in [3.8, 4) is 5.75 Å². The molecule has 9 heteroatoms. The summed E-state index contributed by atoms with van der Waals surface area (Å²) in [6.45, 7) is 1.68. The van der Waals surface area contributed by atoms with E-state index in [9.17, 15) is 19.8 Å². The Labute approximate surface area is 196 Å². The van der Waals surface area contributed by atoms with E-state index in [1.165, 1.54) is 36.4 Å². The highest BCUT2D eigenvalue weighted by atomic mass is 35.5. The zero-order valence-corrected chi connectivity index (χ0v) is 18.8. The number of ketones is 1. The van der Waals surface area contributed by atoms with E-state index < -0.39 is 5.97 Å². The van der Waals surface area contributed by atoms with Gasteiger partial charge in [0, 0.05) is 16.7 Å². The second kappa shape index (κ2) is 8.66. The number of phenols is 1. The second-order valence-electron chi connectivity index (χ2n) is 6.33. The van der Waals surface area contributed by atoms with Crippen molar-refractivity contribution in [3.63, 3.8) is 0 Å². The minimum absolute atomic E-state index is 0.0158. The molecule has 30 heavy (non-hydrogen) atoms. The van der Waals surface area contributed by atoms with E-state index in [1.807, 2.05) is 0 Å². The van der Waals surface area contributed by atoms with Crippen LogP contribution in [-0.2, 0) is 4.79 Å². The molecule has 1 aliphatic rings. The smallest absolute Gasteiger partial charge is 0.337 e. The number of carboxylic acid groups (broad SMARTS) is 1. The molecule has 2 aromatic rings. The zero-order valence-electron chi connectivity index (χ0n) is 15.1. The Morgan fingerprint density at radius 3 is 2.03 bits per heavy atom. The van der Waals surface area contributed by atoms with Gasteiger partial charge >= 0.3 is 5.97 Å². The van der Waals surface area contributed by atoms with Crippen LogP contribution in [0.3, 0.4) is 0 Å². The molecule has 1 aliphatic carbocycles. The molecule has 0 fully saturated rings. The first-order chi connectivity index (χ1) is 14.0. The first-order valence-electron chi connectivity index (χ1n) is 8.28. The molecule has 0 aromatic heterocycles. The lowest BCUT2D eigenvalue weighted by atomic mass is 9.85. The Kier molecular flexibility index (Phi) is 6.56. The first kappa shape index (κ1) is 22.7. The topological polar surface area (TPSA) is 74.6 Å². The number of carbonyl (C=O) groups excluding carboxylic acids is 1. The van der Waals surface area contributed by atoms with Crippen molar-refractivity contribution >= 4 is 75.3 Å². The average Bonchev–Trinajstić information content (AvgIpc) is 2.66. The van der Waals surface area contributed by atoms with Crippen LogP contribution in [0, 0.1) is 0 Å². The minimum Gasteiger partial charge on any atom is -0.508 e. The molecule has 2 N–H and O–H groups in total. The molecule has 2 aromatic carbocycles. The molecule has 154 valence electrons. The van der Waals surface area contributed by atoms with Crippen LogP contribution >= 0.6 is 58.0 Å². The molecule has 0 radical (unpaired) electrons. The number of benzene rings is 2. The number of aromatic hydroxyl groups is 1. The van der Waals surface area contributed by atoms with Crippen molar-refractivity contribution in [2.75, 3.05) is 0 Å². The van der Waals surface area contributed by atoms with Crippen LogP contribution in [0.25, 0.3) is 5.57 Å². The third-order valence-corrected chi connectivity index (χ3v) is 6.53. The Morgan fingerprint density at radius 2 is 1.50 bits per heavy atom. The molecular formula is C21H11Cl5O4. The van der Waals surface area contributed by atoms with Crippen LogP contribution in [0.4, 0.5) is 0 Å². The van der Waals surface area contributed by atoms with Crippen molar-refractivity contribution in [2.45, 2.75) is 6.92 Å². The molecule has 3 rings (SSSR count). The van der Waals surface area contributed by atoms with Crippen LogP contribution < -0.4 is 0 Å². The SMILES string of the molecule is CC1=CC(=O)C=C/C1=C(/c1ccc(O)cc1Cl)c1c(Cl)c(Cl)c(Cl)c(Cl)c1C(=O)O. The van der Waals surface area contributed by atoms with Gasteiger partial charge in [-0.15, -0.1) is 0 Å². The summed E-state index contributed by atoms with van der Waals surface area (Å²) in [6.07, 6.45) is 4.23. The summed E-state index contributed by atoms with van der Waals surface area (Å²) in [5.74, 6) is -1.71. The molecule has 4 nitrogen and oxygen atoms in total. The van der Waals surface area contributed by atoms with E-state index in [4.69, 9.17) is 58.0 Å². The number of hydrogen-bond acceptors (Lipinski definition) is 3. The molecule has 0 unspecified atom stereocenters. The first-order valence-corrected chi connectivity index (χ1v) is 10.2. The van der Waals surface area contributed by atoms with Crippen molar-refractivity contribution < 1.29 is 19.8 Å². The maximum atomic E-state index is 12.1. The molecule has 0 bridgehead atoms. The average molecular weight is 505 g/mol. The fourth-order valence-corrected chi connectivity index (χ4v) is 4.40. The van der Waals surface area contributed by atoms with Crippen molar-refractivity contribution in [1.82, 2.24) is 0 Å². The van der Waals surface area contributed by atoms with Crippen LogP contribution in [0.1, 0.15) is 28.4 Å². The van der Waals surface area contributed by atoms with Gasteiger partial charge in [0.05, 0.1) is 30.7 Å². The molecule has 0 saturated carbocycles. The van der Waals surface area contributed by atoms with Crippen molar-refractivity contribution in [2.24, 2.45) is 0 Å². The lowest BCUT2D eigenvalue weighted by molar-refractivity contribution is -0.110. The Bertz CT molecular complexity index is 1210.